The molecule has 2 aliphatic rings. The van der Waals surface area contributed by atoms with E-state index in [1.807, 2.05) is 6.92 Å². The highest BCUT2D eigenvalue weighted by atomic mass is 16.5. The molecule has 5 heteroatoms. The molecule has 1 heterocycles. The summed E-state index contributed by atoms with van der Waals surface area (Å²) < 4.78 is 11.4. The summed E-state index contributed by atoms with van der Waals surface area (Å²) in [6.07, 6.45) is 6.49. The number of aromatic nitrogens is 2. The molecule has 3 rings (SSSR count). The average Bonchev–Trinajstić information content (AvgIpc) is 3.10. The summed E-state index contributed by atoms with van der Waals surface area (Å²) in [6.45, 7) is 4.91. The van der Waals surface area contributed by atoms with Crippen LogP contribution in [0, 0.1) is 5.92 Å². The van der Waals surface area contributed by atoms with Gasteiger partial charge in [-0.15, -0.1) is 0 Å². The van der Waals surface area contributed by atoms with Gasteiger partial charge in [-0.05, 0) is 51.4 Å². The molecule has 2 fully saturated rings. The maximum Gasteiger partial charge on any atom is 0.237 e. The average molecular weight is 292 g/mol. The Balaban J connectivity index is 1.83. The highest BCUT2D eigenvalue weighted by Crippen LogP contribution is 2.42. The molecule has 0 amide bonds. The van der Waals surface area contributed by atoms with Gasteiger partial charge >= 0.3 is 0 Å². The number of hydrogen-bond acceptors (Lipinski definition) is 5. The van der Waals surface area contributed by atoms with Crippen LogP contribution in [-0.2, 0) is 15.1 Å². The molecule has 0 N–H and O–H groups in total. The molecule has 5 nitrogen and oxygen atoms in total. The Bertz CT molecular complexity index is 503. The van der Waals surface area contributed by atoms with Gasteiger partial charge in [0.15, 0.2) is 0 Å². The van der Waals surface area contributed by atoms with Crippen molar-refractivity contribution in [3.05, 3.63) is 11.7 Å². The van der Waals surface area contributed by atoms with Crippen LogP contribution in [0.2, 0.25) is 0 Å². The van der Waals surface area contributed by atoms with Gasteiger partial charge in [-0.2, -0.15) is 4.98 Å². The summed E-state index contributed by atoms with van der Waals surface area (Å²) in [6, 6.07) is 0. The molecule has 2 saturated carbocycles. The quantitative estimate of drug-likeness (QED) is 0.851. The minimum atomic E-state index is -0.412. The van der Waals surface area contributed by atoms with Crippen molar-refractivity contribution in [3.63, 3.8) is 0 Å². The third kappa shape index (κ3) is 2.76. The summed E-state index contributed by atoms with van der Waals surface area (Å²) in [5.41, 5.74) is -0.412. The van der Waals surface area contributed by atoms with E-state index in [1.54, 1.807) is 0 Å². The second-order valence-electron chi connectivity index (χ2n) is 6.48. The van der Waals surface area contributed by atoms with Crippen molar-refractivity contribution in [2.24, 2.45) is 5.92 Å². The fraction of sp³-hybridized carbons (Fsp3) is 0.812. The van der Waals surface area contributed by atoms with Gasteiger partial charge in [0.25, 0.3) is 0 Å². The second kappa shape index (κ2) is 5.87. The number of ether oxygens (including phenoxy) is 1. The van der Waals surface area contributed by atoms with Gasteiger partial charge in [0.2, 0.25) is 11.7 Å². The Morgan fingerprint density at radius 2 is 2.10 bits per heavy atom. The first-order valence-electron chi connectivity index (χ1n) is 8.15. The minimum absolute atomic E-state index is 0.188. The number of hydrogen-bond donors (Lipinski definition) is 0. The van der Waals surface area contributed by atoms with Crippen molar-refractivity contribution < 1.29 is 14.1 Å². The van der Waals surface area contributed by atoms with E-state index < -0.39 is 5.60 Å². The van der Waals surface area contributed by atoms with Crippen molar-refractivity contribution in [1.29, 1.82) is 0 Å². The molecular weight excluding hydrogens is 268 g/mol. The largest absolute Gasteiger partial charge is 0.367 e. The highest BCUT2D eigenvalue weighted by molar-refractivity contribution is 5.86. The summed E-state index contributed by atoms with van der Waals surface area (Å²) in [5.74, 6) is 1.90. The van der Waals surface area contributed by atoms with Crippen LogP contribution in [0.4, 0.5) is 0 Å². The number of carbonyl (C=O) groups excluding carboxylic acids is 1. The standard InChI is InChI=1S/C16H24N2O3/c1-3-20-16(9-7-11(2)8-10-16)15-17-14(21-18-15)12-5-4-6-13(12)19/h11-12H,3-10H2,1-2H3. The molecule has 2 aliphatic carbocycles. The van der Waals surface area contributed by atoms with E-state index in [0.29, 0.717) is 24.7 Å². The predicted molar refractivity (Wildman–Crippen MR) is 76.8 cm³/mol. The molecule has 0 aliphatic heterocycles. The van der Waals surface area contributed by atoms with Crippen LogP contribution in [0.5, 0.6) is 0 Å². The van der Waals surface area contributed by atoms with Crippen molar-refractivity contribution in [1.82, 2.24) is 10.1 Å². The Kier molecular flexibility index (Phi) is 4.11. The first kappa shape index (κ1) is 14.7. The Morgan fingerprint density at radius 1 is 1.33 bits per heavy atom. The topological polar surface area (TPSA) is 65.2 Å². The van der Waals surface area contributed by atoms with Gasteiger partial charge in [0.1, 0.15) is 11.4 Å². The van der Waals surface area contributed by atoms with Crippen molar-refractivity contribution in [2.45, 2.75) is 70.3 Å². The van der Waals surface area contributed by atoms with E-state index in [4.69, 9.17) is 9.26 Å². The molecular formula is C16H24N2O3. The van der Waals surface area contributed by atoms with E-state index >= 15 is 0 Å². The second-order valence-corrected chi connectivity index (χ2v) is 6.48. The summed E-state index contributed by atoms with van der Waals surface area (Å²) in [5, 5.41) is 4.17. The zero-order chi connectivity index (χ0) is 14.9. The molecule has 1 atom stereocenters. The molecule has 21 heavy (non-hydrogen) atoms. The fourth-order valence-electron chi connectivity index (χ4n) is 3.58. The zero-order valence-electron chi connectivity index (χ0n) is 12.9. The molecule has 0 spiro atoms. The number of ketones is 1. The number of nitrogens with zero attached hydrogens (tertiary/aromatic N) is 2. The number of carbonyl (C=O) groups is 1. The van der Waals surface area contributed by atoms with Crippen LogP contribution in [0.25, 0.3) is 0 Å². The normalized spacial score (nSPS) is 33.5. The first-order valence-corrected chi connectivity index (χ1v) is 8.15. The third-order valence-corrected chi connectivity index (χ3v) is 4.95. The molecule has 1 aromatic heterocycles. The predicted octanol–water partition coefficient (Wildman–Crippen LogP) is 3.35. The molecule has 0 bridgehead atoms. The van der Waals surface area contributed by atoms with Crippen molar-refractivity contribution in [3.8, 4) is 0 Å². The SMILES string of the molecule is CCOC1(c2noc(C3CCCC3=O)n2)CCC(C)CC1. The van der Waals surface area contributed by atoms with Crippen LogP contribution in [0.3, 0.4) is 0 Å². The van der Waals surface area contributed by atoms with Gasteiger partial charge in [-0.25, -0.2) is 0 Å². The van der Waals surface area contributed by atoms with Gasteiger partial charge < -0.3 is 9.26 Å². The molecule has 0 radical (unpaired) electrons. The zero-order valence-corrected chi connectivity index (χ0v) is 12.9. The van der Waals surface area contributed by atoms with Crippen LogP contribution in [0.15, 0.2) is 4.52 Å². The highest BCUT2D eigenvalue weighted by Gasteiger charge is 2.42. The van der Waals surface area contributed by atoms with Crippen LogP contribution in [0.1, 0.15) is 76.4 Å². The fourth-order valence-corrected chi connectivity index (χ4v) is 3.58. The maximum atomic E-state index is 11.8. The van der Waals surface area contributed by atoms with E-state index in [2.05, 4.69) is 17.1 Å². The lowest BCUT2D eigenvalue weighted by atomic mass is 9.79. The lowest BCUT2D eigenvalue weighted by Gasteiger charge is -2.36. The van der Waals surface area contributed by atoms with E-state index in [0.717, 1.165) is 44.4 Å². The van der Waals surface area contributed by atoms with Gasteiger partial charge in [-0.3, -0.25) is 4.79 Å². The molecule has 116 valence electrons. The smallest absolute Gasteiger partial charge is 0.237 e. The van der Waals surface area contributed by atoms with Crippen molar-refractivity contribution >= 4 is 5.78 Å². The number of Topliss-reactive ketones (excluding diaryl/α,β-unsaturated/α-hetero) is 1. The summed E-state index contributed by atoms with van der Waals surface area (Å²) in [7, 11) is 0. The molecule has 0 aromatic carbocycles. The Labute approximate surface area is 125 Å². The van der Waals surface area contributed by atoms with E-state index in [9.17, 15) is 4.79 Å². The van der Waals surface area contributed by atoms with Crippen LogP contribution < -0.4 is 0 Å². The molecule has 1 unspecified atom stereocenters. The summed E-state index contributed by atoms with van der Waals surface area (Å²) >= 11 is 0. The van der Waals surface area contributed by atoms with Gasteiger partial charge in [-0.1, -0.05) is 12.1 Å². The van der Waals surface area contributed by atoms with Gasteiger partial charge in [0.05, 0.1) is 5.92 Å². The number of rotatable bonds is 4. The third-order valence-electron chi connectivity index (χ3n) is 4.95. The van der Waals surface area contributed by atoms with Crippen LogP contribution >= 0.6 is 0 Å². The Morgan fingerprint density at radius 3 is 2.71 bits per heavy atom. The van der Waals surface area contributed by atoms with Crippen molar-refractivity contribution in [2.75, 3.05) is 6.61 Å². The monoisotopic (exact) mass is 292 g/mol. The molecule has 1 aromatic rings. The lowest BCUT2D eigenvalue weighted by molar-refractivity contribution is -0.119. The van der Waals surface area contributed by atoms with Gasteiger partial charge in [0, 0.05) is 13.0 Å². The van der Waals surface area contributed by atoms with E-state index in [1.165, 1.54) is 0 Å². The van der Waals surface area contributed by atoms with Crippen LogP contribution in [-0.4, -0.2) is 22.5 Å². The molecule has 0 saturated heterocycles. The first-order chi connectivity index (χ1) is 10.1. The minimum Gasteiger partial charge on any atom is -0.367 e. The summed E-state index contributed by atoms with van der Waals surface area (Å²) in [4.78, 5) is 16.4. The lowest BCUT2D eigenvalue weighted by Crippen LogP contribution is -2.35. The Hall–Kier alpha value is -1.23. The maximum absolute atomic E-state index is 11.8. The van der Waals surface area contributed by atoms with E-state index in [-0.39, 0.29) is 11.7 Å².